The van der Waals surface area contributed by atoms with Crippen LogP contribution in [0.3, 0.4) is 0 Å². The fraction of sp³-hybridized carbons (Fsp3) is 0.0588. The van der Waals surface area contributed by atoms with Crippen LogP contribution in [0.25, 0.3) is 44.1 Å². The normalized spacial score (nSPS) is 12.8. The molecular formula is C51H39N3. The lowest BCUT2D eigenvalue weighted by molar-refractivity contribution is 0.660. The van der Waals surface area contributed by atoms with E-state index in [2.05, 4.69) is 223 Å². The fourth-order valence-corrected chi connectivity index (χ4v) is 8.52. The van der Waals surface area contributed by atoms with Gasteiger partial charge in [0.1, 0.15) is 0 Å². The number of nitrogens with one attached hydrogen (secondary N) is 1. The molecule has 0 saturated heterocycles. The minimum Gasteiger partial charge on any atom is -0.354 e. The van der Waals surface area contributed by atoms with Gasteiger partial charge in [0.05, 0.1) is 5.52 Å². The van der Waals surface area contributed by atoms with Crippen LogP contribution in [-0.4, -0.2) is 4.98 Å². The molecule has 1 aromatic heterocycles. The maximum Gasteiger partial charge on any atom is 0.0544 e. The molecule has 0 unspecified atom stereocenters. The van der Waals surface area contributed by atoms with Crippen molar-refractivity contribution in [2.45, 2.75) is 19.3 Å². The van der Waals surface area contributed by atoms with E-state index in [1.54, 1.807) is 0 Å². The van der Waals surface area contributed by atoms with Gasteiger partial charge in [-0.15, -0.1) is 0 Å². The first-order valence-corrected chi connectivity index (χ1v) is 18.7. The van der Waals surface area contributed by atoms with Gasteiger partial charge in [-0.05, 0) is 113 Å². The fourth-order valence-electron chi connectivity index (χ4n) is 8.52. The standard InChI is InChI=1S/C51H39N3/c1-51(2)47-32-35(26-29-43(47)44-30-27-41(34-48(44)51)54(38-20-11-5-12-21-38)39-22-13-6-14-23-39)42-24-15-25-45-46-33-40(28-31-49(46)52-50(42)45)53(36-16-7-3-8-17-36)37-18-9-4-10-19-37/h3-34,52H,1-2H3. The summed E-state index contributed by atoms with van der Waals surface area (Å²) in [5, 5.41) is 2.43. The zero-order valence-electron chi connectivity index (χ0n) is 30.4. The molecular weight excluding hydrogens is 655 g/mol. The molecule has 1 aliphatic rings. The number of aromatic nitrogens is 1. The second kappa shape index (κ2) is 12.7. The second-order valence-corrected chi connectivity index (χ2v) is 14.7. The van der Waals surface area contributed by atoms with Gasteiger partial charge >= 0.3 is 0 Å². The number of H-pyrrole nitrogens is 1. The molecule has 54 heavy (non-hydrogen) atoms. The zero-order chi connectivity index (χ0) is 36.2. The van der Waals surface area contributed by atoms with E-state index >= 15 is 0 Å². The lowest BCUT2D eigenvalue weighted by Gasteiger charge is -2.28. The molecule has 10 rings (SSSR count). The van der Waals surface area contributed by atoms with Crippen molar-refractivity contribution in [2.75, 3.05) is 9.80 Å². The molecule has 9 aromatic rings. The van der Waals surface area contributed by atoms with E-state index in [9.17, 15) is 0 Å². The molecule has 1 heterocycles. The Hall–Kier alpha value is -6.84. The molecule has 0 amide bonds. The van der Waals surface area contributed by atoms with Gasteiger partial charge in [0.25, 0.3) is 0 Å². The van der Waals surface area contributed by atoms with Crippen molar-refractivity contribution < 1.29 is 0 Å². The first-order chi connectivity index (χ1) is 26.5. The third-order valence-corrected chi connectivity index (χ3v) is 11.2. The van der Waals surface area contributed by atoms with Crippen LogP contribution < -0.4 is 9.80 Å². The first-order valence-electron chi connectivity index (χ1n) is 18.7. The summed E-state index contributed by atoms with van der Waals surface area (Å²) in [6.45, 7) is 4.74. The van der Waals surface area contributed by atoms with Crippen LogP contribution >= 0.6 is 0 Å². The lowest BCUT2D eigenvalue weighted by Crippen LogP contribution is -2.16. The van der Waals surface area contributed by atoms with Gasteiger partial charge < -0.3 is 14.8 Å². The van der Waals surface area contributed by atoms with Crippen molar-refractivity contribution in [3.63, 3.8) is 0 Å². The number of aromatic amines is 1. The van der Waals surface area contributed by atoms with Crippen LogP contribution in [0, 0.1) is 0 Å². The molecule has 0 aliphatic heterocycles. The first kappa shape index (κ1) is 31.9. The Bertz CT molecular complexity index is 2710. The molecule has 0 bridgehead atoms. The van der Waals surface area contributed by atoms with Gasteiger partial charge in [-0.25, -0.2) is 0 Å². The number of fused-ring (bicyclic) bond motifs is 6. The predicted octanol–water partition coefficient (Wildman–Crippen LogP) is 14.2. The van der Waals surface area contributed by atoms with Gasteiger partial charge in [0.15, 0.2) is 0 Å². The molecule has 8 aromatic carbocycles. The summed E-state index contributed by atoms with van der Waals surface area (Å²) in [6, 6.07) is 70.0. The highest BCUT2D eigenvalue weighted by molar-refractivity contribution is 6.13. The summed E-state index contributed by atoms with van der Waals surface area (Å²) in [6.07, 6.45) is 0. The van der Waals surface area contributed by atoms with Crippen LogP contribution in [0.1, 0.15) is 25.0 Å². The number of anilines is 6. The largest absolute Gasteiger partial charge is 0.354 e. The molecule has 1 N–H and O–H groups in total. The van der Waals surface area contributed by atoms with Crippen LogP contribution in [0.2, 0.25) is 0 Å². The van der Waals surface area contributed by atoms with E-state index in [1.807, 2.05) is 0 Å². The van der Waals surface area contributed by atoms with Gasteiger partial charge in [-0.1, -0.05) is 123 Å². The predicted molar refractivity (Wildman–Crippen MR) is 228 cm³/mol. The SMILES string of the molecule is CC1(C)c2cc(-c3cccc4c3[nH]c3ccc(N(c5ccccc5)c5ccccc5)cc34)ccc2-c2ccc(N(c3ccccc3)c3ccccc3)cc21. The van der Waals surface area contributed by atoms with Crippen molar-refractivity contribution in [1.29, 1.82) is 0 Å². The van der Waals surface area contributed by atoms with E-state index in [0.717, 1.165) is 45.2 Å². The van der Waals surface area contributed by atoms with Crippen molar-refractivity contribution in [1.82, 2.24) is 4.98 Å². The summed E-state index contributed by atoms with van der Waals surface area (Å²) in [5.41, 5.74) is 16.7. The summed E-state index contributed by atoms with van der Waals surface area (Å²) in [5.74, 6) is 0. The second-order valence-electron chi connectivity index (χ2n) is 14.7. The van der Waals surface area contributed by atoms with E-state index in [0.29, 0.717) is 0 Å². The Morgan fingerprint density at radius 2 is 0.852 bits per heavy atom. The number of para-hydroxylation sites is 5. The zero-order valence-corrected chi connectivity index (χ0v) is 30.4. The Labute approximate surface area is 316 Å². The Kier molecular flexibility index (Phi) is 7.48. The Morgan fingerprint density at radius 1 is 0.370 bits per heavy atom. The van der Waals surface area contributed by atoms with Crippen LogP contribution in [0.4, 0.5) is 34.1 Å². The molecule has 3 nitrogen and oxygen atoms in total. The third-order valence-electron chi connectivity index (χ3n) is 11.2. The lowest BCUT2D eigenvalue weighted by atomic mass is 9.81. The van der Waals surface area contributed by atoms with Gasteiger partial charge in [0.2, 0.25) is 0 Å². The Balaban J connectivity index is 1.05. The van der Waals surface area contributed by atoms with Crippen molar-refractivity contribution in [3.8, 4) is 22.3 Å². The molecule has 1 aliphatic carbocycles. The van der Waals surface area contributed by atoms with Crippen molar-refractivity contribution in [2.24, 2.45) is 0 Å². The number of rotatable bonds is 7. The number of benzene rings is 8. The van der Waals surface area contributed by atoms with E-state index < -0.39 is 0 Å². The smallest absolute Gasteiger partial charge is 0.0544 e. The van der Waals surface area contributed by atoms with Crippen molar-refractivity contribution in [3.05, 3.63) is 205 Å². The molecule has 0 radical (unpaired) electrons. The van der Waals surface area contributed by atoms with Crippen LogP contribution in [0.5, 0.6) is 0 Å². The van der Waals surface area contributed by atoms with Gasteiger partial charge in [0, 0.05) is 61.4 Å². The van der Waals surface area contributed by atoms with Crippen LogP contribution in [-0.2, 0) is 5.41 Å². The summed E-state index contributed by atoms with van der Waals surface area (Å²) < 4.78 is 0. The maximum absolute atomic E-state index is 3.82. The average Bonchev–Trinajstić information content (AvgIpc) is 3.71. The molecule has 0 saturated carbocycles. The van der Waals surface area contributed by atoms with Crippen LogP contribution in [0.15, 0.2) is 194 Å². The van der Waals surface area contributed by atoms with E-state index in [4.69, 9.17) is 0 Å². The topological polar surface area (TPSA) is 22.3 Å². The Morgan fingerprint density at radius 3 is 1.41 bits per heavy atom. The molecule has 0 spiro atoms. The monoisotopic (exact) mass is 693 g/mol. The molecule has 0 fully saturated rings. The summed E-state index contributed by atoms with van der Waals surface area (Å²) in [7, 11) is 0. The highest BCUT2D eigenvalue weighted by Gasteiger charge is 2.36. The highest BCUT2D eigenvalue weighted by atomic mass is 15.1. The van der Waals surface area contributed by atoms with E-state index in [-0.39, 0.29) is 5.41 Å². The maximum atomic E-state index is 3.82. The number of hydrogen-bond donors (Lipinski definition) is 1. The van der Waals surface area contributed by atoms with Gasteiger partial charge in [-0.3, -0.25) is 0 Å². The third kappa shape index (κ3) is 5.20. The summed E-state index contributed by atoms with van der Waals surface area (Å²) >= 11 is 0. The van der Waals surface area contributed by atoms with E-state index in [1.165, 1.54) is 44.2 Å². The minimum absolute atomic E-state index is 0.183. The minimum atomic E-state index is -0.183. The average molecular weight is 694 g/mol. The van der Waals surface area contributed by atoms with Crippen molar-refractivity contribution >= 4 is 55.9 Å². The molecule has 0 atom stereocenters. The quantitative estimate of drug-likeness (QED) is 0.179. The summed E-state index contributed by atoms with van der Waals surface area (Å²) in [4.78, 5) is 8.50. The number of nitrogens with zero attached hydrogens (tertiary/aromatic N) is 2. The molecule has 258 valence electrons. The highest BCUT2D eigenvalue weighted by Crippen LogP contribution is 2.52. The molecule has 3 heteroatoms. The van der Waals surface area contributed by atoms with Gasteiger partial charge in [-0.2, -0.15) is 0 Å². The number of hydrogen-bond acceptors (Lipinski definition) is 2.